The molecule has 1 rings (SSSR count). The lowest BCUT2D eigenvalue weighted by Crippen LogP contribution is -1.98. The second-order valence-corrected chi connectivity index (χ2v) is 2.43. The fraction of sp³-hybridized carbons (Fsp3) is 0.286. The number of hydrogen-bond acceptors (Lipinski definition) is 3. The molecule has 1 aromatic heterocycles. The SMILES string of the molecule is O=[N+]([O-])c1cc(C(F)F)c(CF)cn1. The van der Waals surface area contributed by atoms with E-state index in [2.05, 4.69) is 4.98 Å². The number of aromatic nitrogens is 1. The Morgan fingerprint density at radius 2 is 2.21 bits per heavy atom. The van der Waals surface area contributed by atoms with Gasteiger partial charge < -0.3 is 10.1 Å². The molecule has 0 unspecified atom stereocenters. The number of hydrogen-bond donors (Lipinski definition) is 0. The fourth-order valence-electron chi connectivity index (χ4n) is 0.902. The Morgan fingerprint density at radius 1 is 1.57 bits per heavy atom. The molecule has 0 aliphatic carbocycles. The molecule has 0 fully saturated rings. The molecule has 0 aliphatic rings. The van der Waals surface area contributed by atoms with Gasteiger partial charge in [0.2, 0.25) is 0 Å². The van der Waals surface area contributed by atoms with Crippen molar-refractivity contribution in [1.29, 1.82) is 0 Å². The zero-order valence-electron chi connectivity index (χ0n) is 6.78. The summed E-state index contributed by atoms with van der Waals surface area (Å²) >= 11 is 0. The zero-order valence-corrected chi connectivity index (χ0v) is 6.78. The van der Waals surface area contributed by atoms with Crippen LogP contribution in [0.15, 0.2) is 12.3 Å². The standard InChI is InChI=1S/C7H5F3N2O2/c8-2-4-3-11-6(12(13)14)1-5(4)7(9)10/h1,3,7H,2H2. The molecule has 1 aromatic rings. The van der Waals surface area contributed by atoms with Crippen molar-refractivity contribution in [3.63, 3.8) is 0 Å². The van der Waals surface area contributed by atoms with Crippen molar-refractivity contribution >= 4 is 5.82 Å². The van der Waals surface area contributed by atoms with Crippen molar-refractivity contribution in [2.24, 2.45) is 0 Å². The van der Waals surface area contributed by atoms with Crippen LogP contribution in [-0.2, 0) is 6.67 Å². The molecular weight excluding hydrogens is 201 g/mol. The van der Waals surface area contributed by atoms with E-state index >= 15 is 0 Å². The molecule has 0 amide bonds. The zero-order chi connectivity index (χ0) is 10.7. The molecule has 4 nitrogen and oxygen atoms in total. The maximum absolute atomic E-state index is 12.2. The molecule has 0 radical (unpaired) electrons. The first-order chi connectivity index (χ1) is 6.56. The second-order valence-electron chi connectivity index (χ2n) is 2.43. The highest BCUT2D eigenvalue weighted by Gasteiger charge is 2.19. The average molecular weight is 206 g/mol. The number of halogens is 3. The van der Waals surface area contributed by atoms with Gasteiger partial charge in [0.15, 0.2) is 0 Å². The third-order valence-electron chi connectivity index (χ3n) is 1.57. The summed E-state index contributed by atoms with van der Waals surface area (Å²) in [7, 11) is 0. The molecule has 0 N–H and O–H groups in total. The lowest BCUT2D eigenvalue weighted by Gasteiger charge is -2.02. The highest BCUT2D eigenvalue weighted by atomic mass is 19.3. The van der Waals surface area contributed by atoms with E-state index in [-0.39, 0.29) is 5.56 Å². The van der Waals surface area contributed by atoms with E-state index in [0.29, 0.717) is 6.07 Å². The molecule has 0 atom stereocenters. The van der Waals surface area contributed by atoms with Gasteiger partial charge in [-0.15, -0.1) is 0 Å². The van der Waals surface area contributed by atoms with Gasteiger partial charge in [-0.1, -0.05) is 0 Å². The van der Waals surface area contributed by atoms with Crippen LogP contribution in [0, 0.1) is 10.1 Å². The van der Waals surface area contributed by atoms with Gasteiger partial charge >= 0.3 is 5.82 Å². The summed E-state index contributed by atoms with van der Waals surface area (Å²) in [5, 5.41) is 10.2. The van der Waals surface area contributed by atoms with Gasteiger partial charge in [-0.05, 0) is 9.91 Å². The van der Waals surface area contributed by atoms with Crippen molar-refractivity contribution in [3.8, 4) is 0 Å². The Kier molecular flexibility index (Phi) is 3.00. The number of rotatable bonds is 3. The molecule has 7 heteroatoms. The predicted octanol–water partition coefficient (Wildman–Crippen LogP) is 2.40. The van der Waals surface area contributed by atoms with E-state index in [0.717, 1.165) is 6.20 Å². The third kappa shape index (κ3) is 1.98. The number of nitrogens with zero attached hydrogens (tertiary/aromatic N) is 2. The normalized spacial score (nSPS) is 10.6. The van der Waals surface area contributed by atoms with Crippen LogP contribution in [0.5, 0.6) is 0 Å². The molecule has 0 saturated carbocycles. The van der Waals surface area contributed by atoms with Gasteiger partial charge in [-0.3, -0.25) is 0 Å². The quantitative estimate of drug-likeness (QED) is 0.563. The van der Waals surface area contributed by atoms with E-state index in [1.54, 1.807) is 0 Å². The van der Waals surface area contributed by atoms with Crippen molar-refractivity contribution in [1.82, 2.24) is 4.98 Å². The largest absolute Gasteiger partial charge is 0.363 e. The monoisotopic (exact) mass is 206 g/mol. The molecule has 0 spiro atoms. The van der Waals surface area contributed by atoms with Crippen LogP contribution in [-0.4, -0.2) is 9.91 Å². The Bertz CT molecular complexity index is 357. The van der Waals surface area contributed by atoms with Crippen LogP contribution in [0.25, 0.3) is 0 Å². The summed E-state index contributed by atoms with van der Waals surface area (Å²) in [6.07, 6.45) is -2.19. The molecule has 0 bridgehead atoms. The minimum Gasteiger partial charge on any atom is -0.358 e. The topological polar surface area (TPSA) is 56.0 Å². The molecule has 14 heavy (non-hydrogen) atoms. The molecule has 0 aromatic carbocycles. The molecule has 1 heterocycles. The average Bonchev–Trinajstić information content (AvgIpc) is 2.16. The Labute approximate surface area is 76.5 Å². The van der Waals surface area contributed by atoms with Crippen LogP contribution in [0.3, 0.4) is 0 Å². The first-order valence-corrected chi connectivity index (χ1v) is 3.53. The lowest BCUT2D eigenvalue weighted by atomic mass is 10.1. The maximum atomic E-state index is 12.2. The highest BCUT2D eigenvalue weighted by Crippen LogP contribution is 2.25. The maximum Gasteiger partial charge on any atom is 0.363 e. The minimum atomic E-state index is -2.94. The van der Waals surface area contributed by atoms with Crippen LogP contribution < -0.4 is 0 Å². The van der Waals surface area contributed by atoms with Gasteiger partial charge in [0.05, 0.1) is 0 Å². The minimum absolute atomic E-state index is 0.328. The summed E-state index contributed by atoms with van der Waals surface area (Å²) < 4.78 is 36.6. The summed E-state index contributed by atoms with van der Waals surface area (Å²) in [5.41, 5.74) is -1.01. The second kappa shape index (κ2) is 4.03. The highest BCUT2D eigenvalue weighted by molar-refractivity contribution is 5.33. The molecular formula is C7H5F3N2O2. The van der Waals surface area contributed by atoms with E-state index in [1.807, 2.05) is 0 Å². The van der Waals surface area contributed by atoms with E-state index in [4.69, 9.17) is 0 Å². The number of alkyl halides is 3. The summed E-state index contributed by atoms with van der Waals surface area (Å²) in [6.45, 7) is -1.12. The van der Waals surface area contributed by atoms with Crippen molar-refractivity contribution in [3.05, 3.63) is 33.5 Å². The fourth-order valence-corrected chi connectivity index (χ4v) is 0.902. The summed E-state index contributed by atoms with van der Waals surface area (Å²) in [5.74, 6) is -0.711. The van der Waals surface area contributed by atoms with Crippen molar-refractivity contribution in [2.75, 3.05) is 0 Å². The van der Waals surface area contributed by atoms with E-state index < -0.39 is 29.4 Å². The molecule has 76 valence electrons. The smallest absolute Gasteiger partial charge is 0.358 e. The van der Waals surface area contributed by atoms with Crippen molar-refractivity contribution < 1.29 is 18.1 Å². The Morgan fingerprint density at radius 3 is 2.64 bits per heavy atom. The Hall–Kier alpha value is -1.66. The van der Waals surface area contributed by atoms with Crippen LogP contribution in [0.2, 0.25) is 0 Å². The van der Waals surface area contributed by atoms with E-state index in [1.165, 1.54) is 0 Å². The van der Waals surface area contributed by atoms with Crippen molar-refractivity contribution in [2.45, 2.75) is 13.1 Å². The van der Waals surface area contributed by atoms with Gasteiger partial charge in [-0.25, -0.2) is 13.2 Å². The first-order valence-electron chi connectivity index (χ1n) is 3.53. The number of pyridine rings is 1. The van der Waals surface area contributed by atoms with Crippen LogP contribution in [0.4, 0.5) is 19.0 Å². The number of nitro groups is 1. The van der Waals surface area contributed by atoms with Gasteiger partial charge in [0, 0.05) is 17.2 Å². The van der Waals surface area contributed by atoms with Gasteiger partial charge in [0.1, 0.15) is 12.9 Å². The third-order valence-corrected chi connectivity index (χ3v) is 1.57. The first kappa shape index (κ1) is 10.4. The lowest BCUT2D eigenvalue weighted by molar-refractivity contribution is -0.389. The Balaban J connectivity index is 3.20. The summed E-state index contributed by atoms with van der Waals surface area (Å²) in [4.78, 5) is 12.5. The summed E-state index contributed by atoms with van der Waals surface area (Å²) in [6, 6.07) is 0.583. The van der Waals surface area contributed by atoms with Gasteiger partial charge in [0.25, 0.3) is 6.43 Å². The molecule has 0 saturated heterocycles. The van der Waals surface area contributed by atoms with Crippen LogP contribution in [0.1, 0.15) is 17.6 Å². The predicted molar refractivity (Wildman–Crippen MR) is 40.7 cm³/mol. The van der Waals surface area contributed by atoms with Gasteiger partial charge in [-0.2, -0.15) is 0 Å². The van der Waals surface area contributed by atoms with Crippen LogP contribution >= 0.6 is 0 Å². The molecule has 0 aliphatic heterocycles. The van der Waals surface area contributed by atoms with E-state index in [9.17, 15) is 23.3 Å².